The van der Waals surface area contributed by atoms with Gasteiger partial charge in [-0.1, -0.05) is 44.5 Å². The lowest BCUT2D eigenvalue weighted by Gasteiger charge is -2.63. The van der Waals surface area contributed by atoms with Crippen molar-refractivity contribution in [3.63, 3.8) is 0 Å². The van der Waals surface area contributed by atoms with Crippen molar-refractivity contribution < 1.29 is 23.9 Å². The van der Waals surface area contributed by atoms with Crippen LogP contribution in [0.25, 0.3) is 10.9 Å². The van der Waals surface area contributed by atoms with E-state index in [1.54, 1.807) is 24.3 Å². The molecule has 17 heteroatoms. The van der Waals surface area contributed by atoms with Crippen molar-refractivity contribution in [3.8, 4) is 11.8 Å². The maximum Gasteiger partial charge on any atom is 0.278 e. The molecule has 3 unspecified atom stereocenters. The van der Waals surface area contributed by atoms with Crippen molar-refractivity contribution in [2.45, 2.75) is 122 Å². The van der Waals surface area contributed by atoms with Crippen molar-refractivity contribution in [1.82, 2.24) is 35.4 Å². The Bertz CT molecular complexity index is 2860. The van der Waals surface area contributed by atoms with Crippen LogP contribution in [-0.2, 0) is 14.4 Å². The topological polar surface area (TPSA) is 186 Å². The summed E-state index contributed by atoms with van der Waals surface area (Å²) in [6.45, 7) is 13.6. The summed E-state index contributed by atoms with van der Waals surface area (Å²) in [6, 6.07) is 21.4. The number of benzene rings is 3. The zero-order valence-corrected chi connectivity index (χ0v) is 41.1. The first kappa shape index (κ1) is 46.3. The number of carbonyl (C=O) groups is 4. The lowest BCUT2D eigenvalue weighted by molar-refractivity contribution is -0.164. The number of piperidine rings is 3. The van der Waals surface area contributed by atoms with Gasteiger partial charge in [0, 0.05) is 110 Å². The minimum atomic E-state index is -0.876. The molecule has 3 atom stereocenters. The Kier molecular flexibility index (Phi) is 11.5. The van der Waals surface area contributed by atoms with Gasteiger partial charge in [-0.15, -0.1) is 5.10 Å². The molecular weight excluding hydrogens is 908 g/mol. The molecule has 1 aromatic heterocycles. The monoisotopic (exact) mass is 968 g/mol. The third kappa shape index (κ3) is 7.97. The van der Waals surface area contributed by atoms with Crippen molar-refractivity contribution in [1.29, 1.82) is 5.26 Å². The fourth-order valence-corrected chi connectivity index (χ4v) is 14.1. The number of hydrogen-bond acceptors (Lipinski definition) is 12. The van der Waals surface area contributed by atoms with Crippen LogP contribution in [0.1, 0.15) is 107 Å². The van der Waals surface area contributed by atoms with Crippen molar-refractivity contribution >= 4 is 57.5 Å². The number of halogens is 1. The fraction of sp³-hybridized carbons (Fsp3) is 0.547. The van der Waals surface area contributed by atoms with E-state index >= 15 is 0 Å². The largest absolute Gasteiger partial charge is 0.489 e. The van der Waals surface area contributed by atoms with E-state index in [4.69, 9.17) is 16.3 Å². The second kappa shape index (κ2) is 17.4. The van der Waals surface area contributed by atoms with E-state index in [0.717, 1.165) is 68.7 Å². The number of fused-ring (bicyclic) bond motifs is 3. The van der Waals surface area contributed by atoms with Gasteiger partial charge in [0.15, 0.2) is 0 Å². The molecule has 6 heterocycles. The summed E-state index contributed by atoms with van der Waals surface area (Å²) in [4.78, 5) is 74.8. The lowest BCUT2D eigenvalue weighted by atomic mass is 9.49. The summed E-state index contributed by atoms with van der Waals surface area (Å²) < 4.78 is 7.51. The van der Waals surface area contributed by atoms with Gasteiger partial charge in [0.05, 0.1) is 16.0 Å². The quantitative estimate of drug-likeness (QED) is 0.191. The van der Waals surface area contributed by atoms with Crippen LogP contribution in [0.4, 0.5) is 11.4 Å². The number of likely N-dealkylation sites (tertiary alicyclic amines) is 2. The Morgan fingerprint density at radius 2 is 1.57 bits per heavy atom. The zero-order chi connectivity index (χ0) is 48.9. The summed E-state index contributed by atoms with van der Waals surface area (Å²) >= 11 is 6.28. The molecule has 4 amide bonds. The Morgan fingerprint density at radius 1 is 0.857 bits per heavy atom. The SMILES string of the molecule is CC1(C)C(NC(=O)c2ccc(N3CC4CC3CN4C3CC4(CCN(C(=O)C5CCN(c6ccc7nnn(C8CCC(=O)NC8=O)c(=O)c7c6)CC5)CC4)C3)cc2)C(C)(C)C1Oc1ccc(C#N)c(Cl)c1. The number of amides is 4. The molecule has 4 aromatic rings. The second-order valence-electron chi connectivity index (χ2n) is 22.4. The number of nitriles is 1. The van der Waals surface area contributed by atoms with Crippen LogP contribution in [0.2, 0.25) is 5.02 Å². The van der Waals surface area contributed by atoms with E-state index in [0.29, 0.717) is 69.4 Å². The third-order valence-corrected chi connectivity index (χ3v) is 17.8. The number of nitrogens with zero attached hydrogens (tertiary/aromatic N) is 8. The molecule has 2 saturated carbocycles. The average Bonchev–Trinajstić information content (AvgIpc) is 3.96. The highest BCUT2D eigenvalue weighted by molar-refractivity contribution is 6.31. The van der Waals surface area contributed by atoms with Crippen LogP contribution < -0.4 is 30.7 Å². The molecule has 70 heavy (non-hydrogen) atoms. The van der Waals surface area contributed by atoms with Gasteiger partial charge < -0.3 is 24.8 Å². The van der Waals surface area contributed by atoms with Crippen molar-refractivity contribution in [2.75, 3.05) is 49.1 Å². The van der Waals surface area contributed by atoms with E-state index in [-0.39, 0.29) is 59.5 Å². The predicted octanol–water partition coefficient (Wildman–Crippen LogP) is 5.86. The second-order valence-corrected chi connectivity index (χ2v) is 22.8. The van der Waals surface area contributed by atoms with Crippen LogP contribution >= 0.6 is 11.6 Å². The van der Waals surface area contributed by atoms with Crippen LogP contribution in [0, 0.1) is 33.5 Å². The number of ether oxygens (including phenoxy) is 1. The van der Waals surface area contributed by atoms with E-state index in [2.05, 4.69) is 86.4 Å². The summed E-state index contributed by atoms with van der Waals surface area (Å²) in [6.07, 6.45) is 7.38. The van der Waals surface area contributed by atoms with Gasteiger partial charge in [0.25, 0.3) is 17.4 Å². The first-order valence-corrected chi connectivity index (χ1v) is 25.5. The van der Waals surface area contributed by atoms with Gasteiger partial charge in [-0.05, 0) is 111 Å². The van der Waals surface area contributed by atoms with Crippen LogP contribution in [0.5, 0.6) is 5.75 Å². The molecule has 2 aliphatic carbocycles. The van der Waals surface area contributed by atoms with Gasteiger partial charge >= 0.3 is 0 Å². The molecule has 5 aliphatic heterocycles. The first-order valence-electron chi connectivity index (χ1n) is 25.1. The van der Waals surface area contributed by atoms with Crippen molar-refractivity contribution in [3.05, 3.63) is 87.2 Å². The molecule has 5 saturated heterocycles. The Labute approximate surface area is 412 Å². The predicted molar refractivity (Wildman–Crippen MR) is 264 cm³/mol. The maximum atomic E-state index is 13.9. The number of aromatic nitrogens is 3. The van der Waals surface area contributed by atoms with Crippen LogP contribution in [0.3, 0.4) is 0 Å². The molecule has 2 N–H and O–H groups in total. The molecule has 3 aromatic carbocycles. The van der Waals surface area contributed by atoms with E-state index in [9.17, 15) is 29.2 Å². The average molecular weight is 970 g/mol. The fourth-order valence-electron chi connectivity index (χ4n) is 13.9. The minimum absolute atomic E-state index is 0.0170. The van der Waals surface area contributed by atoms with Gasteiger partial charge in [-0.2, -0.15) is 9.94 Å². The number of anilines is 2. The molecule has 7 aliphatic rings. The molecule has 2 bridgehead atoms. The molecule has 7 fully saturated rings. The highest BCUT2D eigenvalue weighted by Gasteiger charge is 2.64. The molecule has 366 valence electrons. The highest BCUT2D eigenvalue weighted by Crippen LogP contribution is 2.56. The Hall–Kier alpha value is -6.05. The number of nitrogens with one attached hydrogen (secondary N) is 2. The standard InChI is InChI=1S/C53H61ClN10O6/c1-51(2)49(52(3,4)50(51)70-39-11-7-33(28-55)41(54)25-39)57-45(66)31-5-8-34(9-6-31)62-29-37-23-36(62)30-63(37)38-26-53(27-38)17-21-61(22-18-53)47(68)32-15-19-60(20-16-32)35-10-12-42-40(24-35)48(69)64(59-58-42)43-13-14-44(65)56-46(43)67/h5-12,24-25,32,36-38,43,49-50H,13-23,26-27,29-30H2,1-4H3,(H,57,66)(H,56,65,67). The normalized spacial score (nSPS) is 27.2. The number of imide groups is 1. The van der Waals surface area contributed by atoms with E-state index < -0.39 is 17.5 Å². The number of piperazine rings is 1. The first-order chi connectivity index (χ1) is 33.5. The Morgan fingerprint density at radius 3 is 2.23 bits per heavy atom. The molecule has 11 rings (SSSR count). The van der Waals surface area contributed by atoms with Gasteiger partial charge in [0.2, 0.25) is 11.8 Å². The third-order valence-electron chi connectivity index (χ3n) is 17.5. The minimum Gasteiger partial charge on any atom is -0.489 e. The number of carbonyl (C=O) groups excluding carboxylic acids is 4. The number of rotatable bonds is 9. The Balaban J connectivity index is 0.625. The van der Waals surface area contributed by atoms with Crippen LogP contribution in [-0.4, -0.2) is 118 Å². The molecular formula is C53H61ClN10O6. The van der Waals surface area contributed by atoms with Gasteiger partial charge in [0.1, 0.15) is 29.5 Å². The van der Waals surface area contributed by atoms with Crippen molar-refractivity contribution in [2.24, 2.45) is 22.2 Å². The summed E-state index contributed by atoms with van der Waals surface area (Å²) in [7, 11) is 0. The molecule has 1 spiro atoms. The summed E-state index contributed by atoms with van der Waals surface area (Å²) in [5.41, 5.74) is 2.75. The highest BCUT2D eigenvalue weighted by atomic mass is 35.5. The van der Waals surface area contributed by atoms with Gasteiger partial charge in [-0.3, -0.25) is 34.2 Å². The van der Waals surface area contributed by atoms with Gasteiger partial charge in [-0.25, -0.2) is 0 Å². The van der Waals surface area contributed by atoms with Crippen LogP contribution in [0.15, 0.2) is 65.5 Å². The zero-order valence-electron chi connectivity index (χ0n) is 40.3. The summed E-state index contributed by atoms with van der Waals surface area (Å²) in [5.74, 6) is -0.132. The lowest BCUT2D eigenvalue weighted by Crippen LogP contribution is -2.74. The summed E-state index contributed by atoms with van der Waals surface area (Å²) in [5, 5.41) is 23.8. The van der Waals surface area contributed by atoms with E-state index in [1.807, 2.05) is 24.3 Å². The number of hydrogen-bond donors (Lipinski definition) is 2. The van der Waals surface area contributed by atoms with E-state index in [1.165, 1.54) is 18.5 Å². The molecule has 0 radical (unpaired) electrons. The smallest absolute Gasteiger partial charge is 0.278 e. The maximum absolute atomic E-state index is 13.9. The molecule has 16 nitrogen and oxygen atoms in total.